The Bertz CT molecular complexity index is 95.1. The Morgan fingerprint density at radius 1 is 1.67 bits per heavy atom. The van der Waals surface area contributed by atoms with Crippen LogP contribution in [-0.2, 0) is 9.59 Å². The van der Waals surface area contributed by atoms with Gasteiger partial charge in [-0.25, -0.2) is 0 Å². The van der Waals surface area contributed by atoms with Gasteiger partial charge >= 0.3 is 0 Å². The Morgan fingerprint density at radius 2 is 2.00 bits per heavy atom. The number of hydrogen-bond donors (Lipinski definition) is 0. The van der Waals surface area contributed by atoms with Crippen LogP contribution >= 0.6 is 0 Å². The third-order valence-electron chi connectivity index (χ3n) is 0.480. The van der Waals surface area contributed by atoms with E-state index in [1.54, 1.807) is 13.0 Å². The van der Waals surface area contributed by atoms with Crippen LogP contribution in [0.15, 0.2) is 12.7 Å². The predicted molar refractivity (Wildman–Crippen MR) is 37.2 cm³/mol. The van der Waals surface area contributed by atoms with E-state index in [0.29, 0.717) is 12.7 Å². The molecule has 0 fully saturated rings. The third kappa shape index (κ3) is 19.3. The molecule has 0 aromatic heterocycles. The first-order chi connectivity index (χ1) is 4.22. The topological polar surface area (TPSA) is 34.1 Å². The van der Waals surface area contributed by atoms with Gasteiger partial charge in [0.05, 0.1) is 0 Å². The highest BCUT2D eigenvalue weighted by Gasteiger charge is 1.87. The van der Waals surface area contributed by atoms with Crippen LogP contribution in [0.4, 0.5) is 0 Å². The largest absolute Gasteiger partial charge is 0.295 e. The summed E-state index contributed by atoms with van der Waals surface area (Å²) in [5.41, 5.74) is 0. The molecule has 2 nitrogen and oxygen atoms in total. The van der Waals surface area contributed by atoms with Crippen molar-refractivity contribution in [3.8, 4) is 0 Å². The molecule has 0 aliphatic heterocycles. The van der Waals surface area contributed by atoms with Crippen LogP contribution in [-0.4, -0.2) is 12.1 Å². The van der Waals surface area contributed by atoms with Gasteiger partial charge in [-0.2, -0.15) is 0 Å². The van der Waals surface area contributed by atoms with Crippen LogP contribution in [0.1, 0.15) is 20.3 Å². The predicted octanol–water partition coefficient (Wildman–Crippen LogP) is 1.36. The Hall–Kier alpha value is -0.920. The molecule has 2 heteroatoms. The Kier molecular flexibility index (Phi) is 12.3. The van der Waals surface area contributed by atoms with Crippen molar-refractivity contribution in [3.05, 3.63) is 12.7 Å². The first-order valence-electron chi connectivity index (χ1n) is 2.77. The Morgan fingerprint density at radius 3 is 2.00 bits per heavy atom. The van der Waals surface area contributed by atoms with Crippen LogP contribution in [0, 0.1) is 0 Å². The summed E-state index contributed by atoms with van der Waals surface area (Å²) >= 11 is 0. The molecule has 0 bridgehead atoms. The van der Waals surface area contributed by atoms with E-state index in [0.717, 1.165) is 0 Å². The van der Waals surface area contributed by atoms with Crippen molar-refractivity contribution in [1.82, 2.24) is 0 Å². The summed E-state index contributed by atoms with van der Waals surface area (Å²) in [5, 5.41) is 0. The van der Waals surface area contributed by atoms with Gasteiger partial charge in [-0.15, -0.1) is 6.58 Å². The minimum Gasteiger partial charge on any atom is -0.295 e. The molecule has 0 N–H and O–H groups in total. The first kappa shape index (κ1) is 11.0. The van der Waals surface area contributed by atoms with Crippen molar-refractivity contribution in [3.63, 3.8) is 0 Å². The number of allylic oxidation sites excluding steroid dienone is 1. The summed E-state index contributed by atoms with van der Waals surface area (Å²) in [6, 6.07) is 0. The Balaban J connectivity index is 0. The van der Waals surface area contributed by atoms with Gasteiger partial charge in [0, 0.05) is 6.42 Å². The quantitative estimate of drug-likeness (QED) is 0.319. The minimum absolute atomic E-state index is 0.323. The second-order valence-corrected chi connectivity index (χ2v) is 1.35. The van der Waals surface area contributed by atoms with Gasteiger partial charge in [-0.3, -0.25) is 9.59 Å². The van der Waals surface area contributed by atoms with E-state index in [4.69, 9.17) is 0 Å². The number of ketones is 1. The monoisotopic (exact) mass is 128 g/mol. The van der Waals surface area contributed by atoms with E-state index < -0.39 is 0 Å². The lowest BCUT2D eigenvalue weighted by Crippen LogP contribution is -1.92. The molecule has 0 amide bonds. The molecule has 0 aliphatic carbocycles. The molecule has 0 saturated heterocycles. The van der Waals surface area contributed by atoms with Crippen LogP contribution in [0.25, 0.3) is 0 Å². The third-order valence-corrected chi connectivity index (χ3v) is 0.480. The lowest BCUT2D eigenvalue weighted by Gasteiger charge is -1.71. The fraction of sp³-hybridized carbons (Fsp3) is 0.429. The molecule has 0 aliphatic rings. The normalized spacial score (nSPS) is 6.44. The number of carbonyl (C=O) groups excluding carboxylic acids is 2. The zero-order chi connectivity index (χ0) is 7.70. The fourth-order valence-electron chi connectivity index (χ4n) is 0.0833. The molecule has 9 heavy (non-hydrogen) atoms. The average molecular weight is 128 g/mol. The fourth-order valence-corrected chi connectivity index (χ4v) is 0.0833. The summed E-state index contributed by atoms with van der Waals surface area (Å²) in [4.78, 5) is 19.2. The first-order valence-corrected chi connectivity index (χ1v) is 2.77. The number of Topliss-reactive ketones (excluding diaryl/α,β-unsaturated/α-hetero) is 1. The van der Waals surface area contributed by atoms with E-state index in [-0.39, 0.29) is 5.78 Å². The van der Waals surface area contributed by atoms with Crippen molar-refractivity contribution in [2.24, 2.45) is 0 Å². The van der Waals surface area contributed by atoms with Crippen LogP contribution in [0.3, 0.4) is 0 Å². The number of hydrogen-bond acceptors (Lipinski definition) is 2. The molecule has 0 saturated carbocycles. The van der Waals surface area contributed by atoms with Crippen molar-refractivity contribution < 1.29 is 9.59 Å². The summed E-state index contributed by atoms with van der Waals surface area (Å²) in [5.74, 6) is -0.338. The second-order valence-electron chi connectivity index (χ2n) is 1.35. The number of rotatable bonds is 2. The summed E-state index contributed by atoms with van der Waals surface area (Å²) in [6.07, 6.45) is 2.41. The van der Waals surface area contributed by atoms with Crippen LogP contribution in [0.5, 0.6) is 0 Å². The van der Waals surface area contributed by atoms with Gasteiger partial charge in [-0.05, 0) is 6.92 Å². The van der Waals surface area contributed by atoms with E-state index in [2.05, 4.69) is 6.58 Å². The molecule has 0 rings (SSSR count). The molecule has 0 spiro atoms. The van der Waals surface area contributed by atoms with Crippen molar-refractivity contribution in [2.75, 3.05) is 0 Å². The van der Waals surface area contributed by atoms with Crippen LogP contribution < -0.4 is 0 Å². The summed E-state index contributed by atoms with van der Waals surface area (Å²) in [6.45, 7) is 6.90. The molecule has 0 heterocycles. The van der Waals surface area contributed by atoms with Gasteiger partial charge in [0.2, 0.25) is 0 Å². The standard InChI is InChI=1S/C4H6O2.C3H6/c1-2-4(6)3-5;1-3-2/h3H,2H2,1H3;3H,1H2,2H3. The van der Waals surface area contributed by atoms with Crippen LogP contribution in [0.2, 0.25) is 0 Å². The van der Waals surface area contributed by atoms with Gasteiger partial charge in [0.15, 0.2) is 12.1 Å². The van der Waals surface area contributed by atoms with Gasteiger partial charge < -0.3 is 0 Å². The Labute approximate surface area is 55.6 Å². The SMILES string of the molecule is C=CC.CCC(=O)C=O. The second kappa shape index (κ2) is 10.1. The van der Waals surface area contributed by atoms with E-state index >= 15 is 0 Å². The summed E-state index contributed by atoms with van der Waals surface area (Å²) in [7, 11) is 0. The zero-order valence-electron chi connectivity index (χ0n) is 5.89. The van der Waals surface area contributed by atoms with Crippen molar-refractivity contribution in [2.45, 2.75) is 20.3 Å². The van der Waals surface area contributed by atoms with E-state index in [1.165, 1.54) is 0 Å². The average Bonchev–Trinajstić information content (AvgIpc) is 1.88. The molecular formula is C7H12O2. The number of carbonyl (C=O) groups is 2. The molecule has 0 unspecified atom stereocenters. The maximum atomic E-state index is 9.81. The summed E-state index contributed by atoms with van der Waals surface area (Å²) < 4.78 is 0. The van der Waals surface area contributed by atoms with E-state index in [1.807, 2.05) is 6.92 Å². The van der Waals surface area contributed by atoms with Crippen molar-refractivity contribution in [1.29, 1.82) is 0 Å². The molecule has 0 aromatic carbocycles. The zero-order valence-corrected chi connectivity index (χ0v) is 5.89. The molecule has 0 radical (unpaired) electrons. The smallest absolute Gasteiger partial charge is 0.194 e. The van der Waals surface area contributed by atoms with Crippen molar-refractivity contribution >= 4 is 12.1 Å². The lowest BCUT2D eigenvalue weighted by atomic mass is 10.3. The molecule has 52 valence electrons. The number of aldehydes is 1. The van der Waals surface area contributed by atoms with Gasteiger partial charge in [-0.1, -0.05) is 13.0 Å². The van der Waals surface area contributed by atoms with Gasteiger partial charge in [0.1, 0.15) is 0 Å². The molecular weight excluding hydrogens is 116 g/mol. The maximum absolute atomic E-state index is 9.81. The molecule has 0 aromatic rings. The highest BCUT2D eigenvalue weighted by molar-refractivity contribution is 6.24. The van der Waals surface area contributed by atoms with E-state index in [9.17, 15) is 9.59 Å². The minimum atomic E-state index is -0.338. The highest BCUT2D eigenvalue weighted by Crippen LogP contribution is 1.69. The lowest BCUT2D eigenvalue weighted by molar-refractivity contribution is -0.129. The maximum Gasteiger partial charge on any atom is 0.194 e. The van der Waals surface area contributed by atoms with Gasteiger partial charge in [0.25, 0.3) is 0 Å². The molecule has 0 atom stereocenters. The highest BCUT2D eigenvalue weighted by atomic mass is 16.2.